The van der Waals surface area contributed by atoms with E-state index in [9.17, 15) is 8.78 Å². The zero-order valence-electron chi connectivity index (χ0n) is 9.28. The zero-order chi connectivity index (χ0) is 12.3. The molecule has 0 saturated heterocycles. The molecule has 1 atom stereocenters. The topological polar surface area (TPSA) is 24.9 Å². The lowest BCUT2D eigenvalue weighted by Gasteiger charge is -2.17. The van der Waals surface area contributed by atoms with Crippen molar-refractivity contribution in [3.63, 3.8) is 0 Å². The number of aromatic nitrogens is 1. The monoisotopic (exact) mass is 254 g/mol. The molecule has 2 nitrogen and oxygen atoms in total. The van der Waals surface area contributed by atoms with E-state index in [1.807, 2.05) is 12.3 Å². The van der Waals surface area contributed by atoms with Crippen LogP contribution < -0.4 is 5.32 Å². The van der Waals surface area contributed by atoms with Crippen LogP contribution in [0.2, 0.25) is 0 Å². The number of hydrogen-bond acceptors (Lipinski definition) is 3. The van der Waals surface area contributed by atoms with E-state index in [0.717, 1.165) is 12.1 Å². The molecular weight excluding hydrogens is 242 g/mol. The van der Waals surface area contributed by atoms with Crippen molar-refractivity contribution in [1.82, 2.24) is 10.3 Å². The smallest absolute Gasteiger partial charge is 0.128 e. The maximum Gasteiger partial charge on any atom is 0.128 e. The Labute approximate surface area is 102 Å². The molecule has 5 heteroatoms. The van der Waals surface area contributed by atoms with E-state index in [1.54, 1.807) is 5.51 Å². The summed E-state index contributed by atoms with van der Waals surface area (Å²) in [6.45, 7) is 2.56. The summed E-state index contributed by atoms with van der Waals surface area (Å²) in [6.07, 6.45) is 0. The Balaban J connectivity index is 2.42. The maximum absolute atomic E-state index is 13.7. The molecule has 0 saturated carbocycles. The standard InChI is InChI=1S/C12H12F2N2S/c1-2-15-12(11-6-17-7-16-11)9-5-8(13)3-4-10(9)14/h3-7,12,15H,2H2,1H3. The first-order valence-electron chi connectivity index (χ1n) is 5.28. The summed E-state index contributed by atoms with van der Waals surface area (Å²) < 4.78 is 26.9. The molecule has 1 unspecified atom stereocenters. The molecule has 90 valence electrons. The van der Waals surface area contributed by atoms with Gasteiger partial charge in [0.15, 0.2) is 0 Å². The van der Waals surface area contributed by atoms with Gasteiger partial charge in [-0.25, -0.2) is 13.8 Å². The van der Waals surface area contributed by atoms with Gasteiger partial charge in [0.2, 0.25) is 0 Å². The highest BCUT2D eigenvalue weighted by atomic mass is 32.1. The van der Waals surface area contributed by atoms with Crippen molar-refractivity contribution < 1.29 is 8.78 Å². The first-order chi connectivity index (χ1) is 8.22. The zero-order valence-corrected chi connectivity index (χ0v) is 10.1. The van der Waals surface area contributed by atoms with Gasteiger partial charge in [0.05, 0.1) is 17.2 Å². The van der Waals surface area contributed by atoms with Gasteiger partial charge in [0, 0.05) is 10.9 Å². The minimum atomic E-state index is -0.445. The van der Waals surface area contributed by atoms with Gasteiger partial charge in [-0.2, -0.15) is 0 Å². The largest absolute Gasteiger partial charge is 0.305 e. The molecule has 1 N–H and O–H groups in total. The van der Waals surface area contributed by atoms with Crippen molar-refractivity contribution in [1.29, 1.82) is 0 Å². The molecule has 1 aromatic carbocycles. The van der Waals surface area contributed by atoms with Crippen LogP contribution in [-0.2, 0) is 0 Å². The average Bonchev–Trinajstić information content (AvgIpc) is 2.83. The van der Waals surface area contributed by atoms with Crippen LogP contribution in [0.15, 0.2) is 29.1 Å². The number of benzene rings is 1. The summed E-state index contributed by atoms with van der Waals surface area (Å²) in [4.78, 5) is 4.15. The fourth-order valence-corrected chi connectivity index (χ4v) is 2.26. The van der Waals surface area contributed by atoms with Crippen molar-refractivity contribution >= 4 is 11.3 Å². The maximum atomic E-state index is 13.7. The number of hydrogen-bond donors (Lipinski definition) is 1. The van der Waals surface area contributed by atoms with Crippen LogP contribution in [-0.4, -0.2) is 11.5 Å². The molecule has 0 bridgehead atoms. The number of rotatable bonds is 4. The molecule has 0 spiro atoms. The SMILES string of the molecule is CCNC(c1cscn1)c1cc(F)ccc1F. The lowest BCUT2D eigenvalue weighted by molar-refractivity contribution is 0.540. The molecule has 0 fully saturated rings. The Bertz CT molecular complexity index is 485. The molecule has 0 radical (unpaired) electrons. The minimum absolute atomic E-state index is 0.290. The van der Waals surface area contributed by atoms with Crippen LogP contribution >= 0.6 is 11.3 Å². The molecule has 1 heterocycles. The highest BCUT2D eigenvalue weighted by Crippen LogP contribution is 2.24. The van der Waals surface area contributed by atoms with Crippen LogP contribution in [0.25, 0.3) is 0 Å². The van der Waals surface area contributed by atoms with E-state index < -0.39 is 17.7 Å². The molecular formula is C12H12F2N2S. The molecule has 17 heavy (non-hydrogen) atoms. The molecule has 1 aromatic heterocycles. The number of halogens is 2. The van der Waals surface area contributed by atoms with Gasteiger partial charge in [0.1, 0.15) is 11.6 Å². The summed E-state index contributed by atoms with van der Waals surface area (Å²) in [7, 11) is 0. The summed E-state index contributed by atoms with van der Waals surface area (Å²) in [6, 6.07) is 3.06. The van der Waals surface area contributed by atoms with Crippen molar-refractivity contribution in [3.8, 4) is 0 Å². The van der Waals surface area contributed by atoms with Crippen LogP contribution in [0.4, 0.5) is 8.78 Å². The van der Waals surface area contributed by atoms with E-state index in [4.69, 9.17) is 0 Å². The normalized spacial score (nSPS) is 12.6. The van der Waals surface area contributed by atoms with E-state index in [-0.39, 0.29) is 5.56 Å². The Kier molecular flexibility index (Phi) is 3.81. The van der Waals surface area contributed by atoms with Crippen LogP contribution in [0.3, 0.4) is 0 Å². The quantitative estimate of drug-likeness (QED) is 0.906. The van der Waals surface area contributed by atoms with Gasteiger partial charge in [-0.1, -0.05) is 6.92 Å². The molecule has 0 aliphatic heterocycles. The van der Waals surface area contributed by atoms with Gasteiger partial charge in [0.25, 0.3) is 0 Å². The van der Waals surface area contributed by atoms with E-state index in [1.165, 1.54) is 17.4 Å². The van der Waals surface area contributed by atoms with E-state index in [0.29, 0.717) is 12.2 Å². The molecule has 0 aliphatic rings. The molecule has 0 amide bonds. The predicted octanol–water partition coefficient (Wildman–Crippen LogP) is 3.12. The van der Waals surface area contributed by atoms with Gasteiger partial charge < -0.3 is 5.32 Å². The van der Waals surface area contributed by atoms with Gasteiger partial charge in [-0.05, 0) is 24.7 Å². The Morgan fingerprint density at radius 1 is 1.41 bits per heavy atom. The summed E-state index contributed by atoms with van der Waals surface area (Å²) in [5.41, 5.74) is 2.68. The highest BCUT2D eigenvalue weighted by molar-refractivity contribution is 7.07. The first kappa shape index (κ1) is 12.1. The van der Waals surface area contributed by atoms with Crippen molar-refractivity contribution in [2.24, 2.45) is 0 Å². The molecule has 2 aromatic rings. The van der Waals surface area contributed by atoms with Crippen molar-refractivity contribution in [2.45, 2.75) is 13.0 Å². The van der Waals surface area contributed by atoms with Gasteiger partial charge >= 0.3 is 0 Å². The minimum Gasteiger partial charge on any atom is -0.305 e. The highest BCUT2D eigenvalue weighted by Gasteiger charge is 2.19. The third kappa shape index (κ3) is 2.68. The van der Waals surface area contributed by atoms with Crippen LogP contribution in [0.5, 0.6) is 0 Å². The van der Waals surface area contributed by atoms with Crippen LogP contribution in [0.1, 0.15) is 24.2 Å². The lowest BCUT2D eigenvalue weighted by Crippen LogP contribution is -2.23. The Morgan fingerprint density at radius 3 is 2.88 bits per heavy atom. The molecule has 0 aliphatic carbocycles. The summed E-state index contributed by atoms with van der Waals surface area (Å²) in [5, 5.41) is 4.94. The third-order valence-corrected chi connectivity index (χ3v) is 3.03. The Morgan fingerprint density at radius 2 is 2.24 bits per heavy atom. The second kappa shape index (κ2) is 5.33. The van der Waals surface area contributed by atoms with E-state index in [2.05, 4.69) is 10.3 Å². The van der Waals surface area contributed by atoms with Gasteiger partial charge in [-0.15, -0.1) is 11.3 Å². The Hall–Kier alpha value is -1.33. The van der Waals surface area contributed by atoms with Crippen molar-refractivity contribution in [2.75, 3.05) is 6.54 Å². The predicted molar refractivity (Wildman–Crippen MR) is 64.0 cm³/mol. The van der Waals surface area contributed by atoms with Crippen molar-refractivity contribution in [3.05, 3.63) is 52.0 Å². The lowest BCUT2D eigenvalue weighted by atomic mass is 10.0. The average molecular weight is 254 g/mol. The number of nitrogens with one attached hydrogen (secondary N) is 1. The number of nitrogens with zero attached hydrogens (tertiary/aromatic N) is 1. The second-order valence-electron chi connectivity index (χ2n) is 3.57. The second-order valence-corrected chi connectivity index (χ2v) is 4.29. The fourth-order valence-electron chi connectivity index (χ4n) is 1.68. The van der Waals surface area contributed by atoms with Gasteiger partial charge in [-0.3, -0.25) is 0 Å². The first-order valence-corrected chi connectivity index (χ1v) is 6.23. The summed E-state index contributed by atoms with van der Waals surface area (Å²) in [5.74, 6) is -0.870. The third-order valence-electron chi connectivity index (χ3n) is 2.42. The summed E-state index contributed by atoms with van der Waals surface area (Å²) >= 11 is 1.43. The van der Waals surface area contributed by atoms with Crippen LogP contribution in [0, 0.1) is 11.6 Å². The fraction of sp³-hybridized carbons (Fsp3) is 0.250. The molecule has 2 rings (SSSR count). The number of thiazole rings is 1. The van der Waals surface area contributed by atoms with E-state index >= 15 is 0 Å².